The van der Waals surface area contributed by atoms with Crippen molar-refractivity contribution < 1.29 is 14.0 Å². The van der Waals surface area contributed by atoms with Crippen LogP contribution in [0.4, 0.5) is 0 Å². The van der Waals surface area contributed by atoms with Crippen LogP contribution in [0.15, 0.2) is 0 Å². The molecule has 1 saturated heterocycles. The minimum Gasteiger partial charge on any atom is -0.390 e. The second-order valence-electron chi connectivity index (χ2n) is 3.64. The van der Waals surface area contributed by atoms with Crippen LogP contribution in [0, 0.1) is 0 Å². The molecular formula is C8H20N2O3Si. The fourth-order valence-corrected chi connectivity index (χ4v) is 2.39. The van der Waals surface area contributed by atoms with E-state index in [2.05, 4.69) is 14.6 Å². The summed E-state index contributed by atoms with van der Waals surface area (Å²) in [5.41, 5.74) is 0. The maximum atomic E-state index is 9.29. The standard InChI is InChI=1S/C8H20N2O3Si/c1-13-14(11,12)8-2-5-10-6-3-9-4-7-10/h9,11-12H,2-8H2,1H3. The van der Waals surface area contributed by atoms with E-state index in [0.717, 1.165) is 39.1 Å². The third kappa shape index (κ3) is 4.49. The highest BCUT2D eigenvalue weighted by atomic mass is 28.4. The van der Waals surface area contributed by atoms with E-state index in [1.165, 1.54) is 7.11 Å². The predicted octanol–water partition coefficient (Wildman–Crippen LogP) is -1.15. The van der Waals surface area contributed by atoms with E-state index >= 15 is 0 Å². The molecule has 0 aromatic heterocycles. The largest absolute Gasteiger partial charge is 0.495 e. The summed E-state index contributed by atoms with van der Waals surface area (Å²) in [4.78, 5) is 20.9. The number of nitrogens with zero attached hydrogens (tertiary/aromatic N) is 1. The van der Waals surface area contributed by atoms with Crippen LogP contribution in [-0.2, 0) is 4.43 Å². The first kappa shape index (κ1) is 12.1. The van der Waals surface area contributed by atoms with Gasteiger partial charge in [0.15, 0.2) is 0 Å². The van der Waals surface area contributed by atoms with Crippen LogP contribution in [0.2, 0.25) is 6.04 Å². The Labute approximate surface area is 86.1 Å². The summed E-state index contributed by atoms with van der Waals surface area (Å²) in [5, 5.41) is 3.28. The summed E-state index contributed by atoms with van der Waals surface area (Å²) < 4.78 is 4.65. The fourth-order valence-electron chi connectivity index (χ4n) is 1.57. The minimum absolute atomic E-state index is 0.396. The van der Waals surface area contributed by atoms with Gasteiger partial charge in [-0.15, -0.1) is 0 Å². The molecule has 1 fully saturated rings. The summed E-state index contributed by atoms with van der Waals surface area (Å²) in [6.07, 6.45) is 0.799. The molecule has 0 radical (unpaired) electrons. The molecule has 0 bridgehead atoms. The van der Waals surface area contributed by atoms with E-state index in [4.69, 9.17) is 0 Å². The Hall–Kier alpha value is 0.0169. The van der Waals surface area contributed by atoms with Gasteiger partial charge in [-0.2, -0.15) is 0 Å². The summed E-state index contributed by atoms with van der Waals surface area (Å²) in [6.45, 7) is 5.11. The lowest BCUT2D eigenvalue weighted by Crippen LogP contribution is -2.44. The van der Waals surface area contributed by atoms with Gasteiger partial charge in [-0.25, -0.2) is 0 Å². The Morgan fingerprint density at radius 1 is 1.36 bits per heavy atom. The molecule has 84 valence electrons. The van der Waals surface area contributed by atoms with Crippen LogP contribution in [0.5, 0.6) is 0 Å². The van der Waals surface area contributed by atoms with Crippen molar-refractivity contribution in [3.8, 4) is 0 Å². The first-order chi connectivity index (χ1) is 6.64. The SMILES string of the molecule is CO[Si](O)(O)CCCN1CCNCC1. The van der Waals surface area contributed by atoms with Gasteiger partial charge in [0.2, 0.25) is 0 Å². The van der Waals surface area contributed by atoms with Gasteiger partial charge < -0.3 is 24.2 Å². The molecule has 1 aliphatic heterocycles. The molecule has 0 spiro atoms. The van der Waals surface area contributed by atoms with Crippen molar-refractivity contribution in [3.05, 3.63) is 0 Å². The van der Waals surface area contributed by atoms with E-state index < -0.39 is 8.80 Å². The Morgan fingerprint density at radius 2 is 2.00 bits per heavy atom. The van der Waals surface area contributed by atoms with Crippen molar-refractivity contribution in [2.45, 2.75) is 12.5 Å². The molecule has 0 saturated carbocycles. The van der Waals surface area contributed by atoms with Gasteiger partial charge in [0.05, 0.1) is 0 Å². The quantitative estimate of drug-likeness (QED) is 0.511. The van der Waals surface area contributed by atoms with Gasteiger partial charge in [0, 0.05) is 39.3 Å². The fraction of sp³-hybridized carbons (Fsp3) is 1.00. The van der Waals surface area contributed by atoms with Crippen LogP contribution in [0.3, 0.4) is 0 Å². The molecule has 1 rings (SSSR count). The lowest BCUT2D eigenvalue weighted by molar-refractivity contribution is 0.178. The lowest BCUT2D eigenvalue weighted by Gasteiger charge is -2.27. The first-order valence-corrected chi connectivity index (χ1v) is 7.08. The number of piperazine rings is 1. The van der Waals surface area contributed by atoms with Crippen LogP contribution >= 0.6 is 0 Å². The summed E-state index contributed by atoms with van der Waals surface area (Å²) >= 11 is 0. The maximum absolute atomic E-state index is 9.29. The van der Waals surface area contributed by atoms with Crippen LogP contribution < -0.4 is 5.32 Å². The average Bonchev–Trinajstić information content (AvgIpc) is 2.19. The van der Waals surface area contributed by atoms with Crippen molar-refractivity contribution in [2.75, 3.05) is 39.8 Å². The molecular weight excluding hydrogens is 200 g/mol. The molecule has 1 aliphatic rings. The highest BCUT2D eigenvalue weighted by Crippen LogP contribution is 2.07. The topological polar surface area (TPSA) is 65.0 Å². The zero-order valence-electron chi connectivity index (χ0n) is 8.70. The molecule has 0 atom stereocenters. The van der Waals surface area contributed by atoms with Gasteiger partial charge in [-0.1, -0.05) is 0 Å². The second kappa shape index (κ2) is 5.79. The zero-order chi connectivity index (χ0) is 10.4. The molecule has 1 heterocycles. The van der Waals surface area contributed by atoms with Gasteiger partial charge in [-0.3, -0.25) is 0 Å². The summed E-state index contributed by atoms with van der Waals surface area (Å²) in [7, 11) is -1.95. The van der Waals surface area contributed by atoms with Crippen LogP contribution in [-0.4, -0.2) is 63.1 Å². The van der Waals surface area contributed by atoms with Crippen LogP contribution in [0.1, 0.15) is 6.42 Å². The van der Waals surface area contributed by atoms with E-state index in [0.29, 0.717) is 6.04 Å². The normalized spacial score (nSPS) is 19.9. The third-order valence-corrected chi connectivity index (χ3v) is 4.17. The van der Waals surface area contributed by atoms with Crippen molar-refractivity contribution in [1.29, 1.82) is 0 Å². The molecule has 0 unspecified atom stereocenters. The number of nitrogens with one attached hydrogen (secondary N) is 1. The molecule has 5 nitrogen and oxygen atoms in total. The average molecular weight is 220 g/mol. The predicted molar refractivity (Wildman–Crippen MR) is 55.9 cm³/mol. The zero-order valence-corrected chi connectivity index (χ0v) is 9.70. The molecule has 0 amide bonds. The maximum Gasteiger partial charge on any atom is 0.495 e. The number of hydrogen-bond acceptors (Lipinski definition) is 5. The molecule has 0 aromatic carbocycles. The molecule has 0 aliphatic carbocycles. The Kier molecular flexibility index (Phi) is 5.00. The van der Waals surface area contributed by atoms with E-state index in [1.54, 1.807) is 0 Å². The number of hydrogen-bond donors (Lipinski definition) is 3. The van der Waals surface area contributed by atoms with Crippen molar-refractivity contribution in [3.63, 3.8) is 0 Å². The van der Waals surface area contributed by atoms with Gasteiger partial charge in [0.1, 0.15) is 0 Å². The number of rotatable bonds is 5. The second-order valence-corrected chi connectivity index (χ2v) is 6.04. The van der Waals surface area contributed by atoms with E-state index in [1.807, 2.05) is 0 Å². The smallest absolute Gasteiger partial charge is 0.390 e. The van der Waals surface area contributed by atoms with Crippen molar-refractivity contribution in [2.24, 2.45) is 0 Å². The van der Waals surface area contributed by atoms with E-state index in [-0.39, 0.29) is 0 Å². The van der Waals surface area contributed by atoms with Gasteiger partial charge in [-0.05, 0) is 13.0 Å². The molecule has 6 heteroatoms. The molecule has 3 N–H and O–H groups in total. The molecule has 0 aromatic rings. The van der Waals surface area contributed by atoms with Crippen molar-refractivity contribution >= 4 is 8.80 Å². The summed E-state index contributed by atoms with van der Waals surface area (Å²) in [6, 6.07) is 0.396. The lowest BCUT2D eigenvalue weighted by atomic mass is 10.3. The van der Waals surface area contributed by atoms with Crippen LogP contribution in [0.25, 0.3) is 0 Å². The third-order valence-electron chi connectivity index (χ3n) is 2.51. The monoisotopic (exact) mass is 220 g/mol. The first-order valence-electron chi connectivity index (χ1n) is 5.07. The highest BCUT2D eigenvalue weighted by Gasteiger charge is 2.29. The van der Waals surface area contributed by atoms with Crippen molar-refractivity contribution in [1.82, 2.24) is 10.2 Å². The Morgan fingerprint density at radius 3 is 2.57 bits per heavy atom. The van der Waals surface area contributed by atoms with E-state index in [9.17, 15) is 9.59 Å². The Bertz CT molecular complexity index is 163. The molecule has 14 heavy (non-hydrogen) atoms. The highest BCUT2D eigenvalue weighted by molar-refractivity contribution is 6.57. The minimum atomic E-state index is -3.30. The van der Waals surface area contributed by atoms with Gasteiger partial charge >= 0.3 is 8.80 Å². The summed E-state index contributed by atoms with van der Waals surface area (Å²) in [5.74, 6) is 0. The Balaban J connectivity index is 2.08. The van der Waals surface area contributed by atoms with Gasteiger partial charge in [0.25, 0.3) is 0 Å².